The van der Waals surface area contributed by atoms with Crippen LogP contribution in [0.4, 0.5) is 4.39 Å². The number of nitrogens with two attached hydrogens (primary N) is 1. The first-order chi connectivity index (χ1) is 13.5. The zero-order chi connectivity index (χ0) is 20.3. The maximum absolute atomic E-state index is 13.8. The summed E-state index contributed by atoms with van der Waals surface area (Å²) in [6.07, 6.45) is 0. The van der Waals surface area contributed by atoms with Crippen LogP contribution in [-0.4, -0.2) is 12.6 Å². The molecule has 0 fully saturated rings. The van der Waals surface area contributed by atoms with Gasteiger partial charge in [0.15, 0.2) is 0 Å². The number of halogens is 2. The maximum atomic E-state index is 13.8. The fourth-order valence-corrected chi connectivity index (χ4v) is 3.40. The molecule has 142 valence electrons. The fraction of sp³-hybridized carbons (Fsp3) is 0.143. The number of rotatable bonds is 4. The van der Waals surface area contributed by atoms with Crippen molar-refractivity contribution in [2.24, 2.45) is 5.73 Å². The van der Waals surface area contributed by atoms with Gasteiger partial charge < -0.3 is 15.2 Å². The summed E-state index contributed by atoms with van der Waals surface area (Å²) in [6.45, 7) is 1.83. The van der Waals surface area contributed by atoms with Gasteiger partial charge in [-0.1, -0.05) is 36.4 Å². The van der Waals surface area contributed by atoms with Crippen molar-refractivity contribution in [1.29, 1.82) is 5.26 Å². The lowest BCUT2D eigenvalue weighted by Crippen LogP contribution is -2.26. The second-order valence-electron chi connectivity index (χ2n) is 5.93. The molecule has 0 aromatic heterocycles. The summed E-state index contributed by atoms with van der Waals surface area (Å²) in [5.41, 5.74) is 7.32. The SMILES string of the molecule is CCOC(=O)C1=C(c2ccccc2)OC(N)=C(C#N)[C@@H]1c1ccc(F)c(Br)c1. The van der Waals surface area contributed by atoms with Gasteiger partial charge in [-0.05, 0) is 40.5 Å². The fourth-order valence-electron chi connectivity index (χ4n) is 3.01. The van der Waals surface area contributed by atoms with Crippen molar-refractivity contribution >= 4 is 27.7 Å². The molecule has 5 nitrogen and oxygen atoms in total. The lowest BCUT2D eigenvalue weighted by atomic mass is 9.82. The Hall–Kier alpha value is -3.11. The van der Waals surface area contributed by atoms with Gasteiger partial charge in [0.2, 0.25) is 5.88 Å². The number of benzene rings is 2. The Balaban J connectivity index is 2.29. The van der Waals surface area contributed by atoms with E-state index in [0.717, 1.165) is 0 Å². The summed E-state index contributed by atoms with van der Waals surface area (Å²) in [5, 5.41) is 9.67. The number of hydrogen-bond acceptors (Lipinski definition) is 5. The minimum absolute atomic E-state index is 0.0567. The number of hydrogen-bond donors (Lipinski definition) is 1. The second kappa shape index (κ2) is 8.28. The molecule has 0 amide bonds. The Kier molecular flexibility index (Phi) is 5.81. The summed E-state index contributed by atoms with van der Waals surface area (Å²) in [5.74, 6) is -1.85. The van der Waals surface area contributed by atoms with Crippen molar-refractivity contribution in [3.05, 3.63) is 87.0 Å². The predicted octanol–water partition coefficient (Wildman–Crippen LogP) is 4.37. The van der Waals surface area contributed by atoms with Gasteiger partial charge in [-0.25, -0.2) is 9.18 Å². The van der Waals surface area contributed by atoms with E-state index in [2.05, 4.69) is 15.9 Å². The van der Waals surface area contributed by atoms with Gasteiger partial charge >= 0.3 is 5.97 Å². The molecule has 28 heavy (non-hydrogen) atoms. The molecule has 2 N–H and O–H groups in total. The lowest BCUT2D eigenvalue weighted by Gasteiger charge is -2.28. The summed E-state index contributed by atoms with van der Waals surface area (Å²) < 4.78 is 24.9. The van der Waals surface area contributed by atoms with Crippen molar-refractivity contribution < 1.29 is 18.7 Å². The highest BCUT2D eigenvalue weighted by Gasteiger charge is 2.38. The molecule has 2 aromatic rings. The van der Waals surface area contributed by atoms with Gasteiger partial charge in [0.25, 0.3) is 0 Å². The van der Waals surface area contributed by atoms with E-state index in [1.165, 1.54) is 18.2 Å². The van der Waals surface area contributed by atoms with Crippen molar-refractivity contribution in [3.8, 4) is 6.07 Å². The molecule has 1 aliphatic rings. The minimum Gasteiger partial charge on any atom is -0.463 e. The highest BCUT2D eigenvalue weighted by molar-refractivity contribution is 9.10. The van der Waals surface area contributed by atoms with Gasteiger partial charge in [-0.15, -0.1) is 0 Å². The second-order valence-corrected chi connectivity index (χ2v) is 6.78. The van der Waals surface area contributed by atoms with Crippen molar-refractivity contribution in [3.63, 3.8) is 0 Å². The van der Waals surface area contributed by atoms with Crippen LogP contribution in [0.1, 0.15) is 24.0 Å². The van der Waals surface area contributed by atoms with E-state index in [4.69, 9.17) is 15.2 Å². The molecule has 0 saturated carbocycles. The zero-order valence-corrected chi connectivity index (χ0v) is 16.5. The maximum Gasteiger partial charge on any atom is 0.338 e. The Bertz CT molecular complexity index is 1030. The van der Waals surface area contributed by atoms with E-state index >= 15 is 0 Å². The smallest absolute Gasteiger partial charge is 0.338 e. The van der Waals surface area contributed by atoms with E-state index in [0.29, 0.717) is 11.1 Å². The van der Waals surface area contributed by atoms with Gasteiger partial charge in [0.1, 0.15) is 23.2 Å². The Labute approximate surface area is 170 Å². The van der Waals surface area contributed by atoms with Crippen LogP contribution in [0.15, 0.2) is 70.0 Å². The van der Waals surface area contributed by atoms with Crippen LogP contribution in [0, 0.1) is 17.1 Å². The standard InChI is InChI=1S/C21H16BrFN2O3/c1-2-27-21(26)18-17(13-8-9-16(23)15(22)10-13)14(11-24)20(25)28-19(18)12-6-4-3-5-7-12/h3-10,17H,2,25H2,1H3/t17-/m0/s1. The first-order valence-electron chi connectivity index (χ1n) is 8.47. The number of ether oxygens (including phenoxy) is 2. The molecule has 1 aliphatic heterocycles. The van der Waals surface area contributed by atoms with Gasteiger partial charge in [-0.2, -0.15) is 5.26 Å². The average molecular weight is 443 g/mol. The highest BCUT2D eigenvalue weighted by Crippen LogP contribution is 2.43. The first-order valence-corrected chi connectivity index (χ1v) is 9.26. The minimum atomic E-state index is -0.857. The molecule has 1 heterocycles. The highest BCUT2D eigenvalue weighted by atomic mass is 79.9. The largest absolute Gasteiger partial charge is 0.463 e. The Morgan fingerprint density at radius 3 is 2.64 bits per heavy atom. The molecule has 7 heteroatoms. The Morgan fingerprint density at radius 1 is 1.32 bits per heavy atom. The number of esters is 1. The van der Waals surface area contributed by atoms with Crippen LogP contribution >= 0.6 is 15.9 Å². The van der Waals surface area contributed by atoms with Crippen molar-refractivity contribution in [1.82, 2.24) is 0 Å². The molecule has 1 atom stereocenters. The summed E-state index contributed by atoms with van der Waals surface area (Å²) in [6, 6.07) is 15.2. The molecular formula is C21H16BrFN2O3. The molecule has 3 rings (SSSR count). The number of carbonyl (C=O) groups excluding carboxylic acids is 1. The van der Waals surface area contributed by atoms with Gasteiger partial charge in [0.05, 0.1) is 22.6 Å². The van der Waals surface area contributed by atoms with E-state index < -0.39 is 17.7 Å². The van der Waals surface area contributed by atoms with E-state index in [1.54, 1.807) is 31.2 Å². The molecule has 0 aliphatic carbocycles. The molecule has 0 saturated heterocycles. The molecular weight excluding hydrogens is 427 g/mol. The van der Waals surface area contributed by atoms with E-state index in [1.807, 2.05) is 12.1 Å². The summed E-state index contributed by atoms with van der Waals surface area (Å²) in [7, 11) is 0. The van der Waals surface area contributed by atoms with Crippen LogP contribution in [0.3, 0.4) is 0 Å². The number of carbonyl (C=O) groups is 1. The molecule has 0 unspecified atom stereocenters. The third-order valence-electron chi connectivity index (χ3n) is 4.23. The van der Waals surface area contributed by atoms with Gasteiger partial charge in [-0.3, -0.25) is 0 Å². The van der Waals surface area contributed by atoms with Crippen LogP contribution in [0.5, 0.6) is 0 Å². The first kappa shape index (κ1) is 19.6. The lowest BCUT2D eigenvalue weighted by molar-refractivity contribution is -0.138. The van der Waals surface area contributed by atoms with Crippen molar-refractivity contribution in [2.45, 2.75) is 12.8 Å². The van der Waals surface area contributed by atoms with Crippen LogP contribution < -0.4 is 5.73 Å². The molecule has 0 bridgehead atoms. The quantitative estimate of drug-likeness (QED) is 0.710. The van der Waals surface area contributed by atoms with Crippen LogP contribution in [0.25, 0.3) is 5.76 Å². The average Bonchev–Trinajstić information content (AvgIpc) is 2.70. The third kappa shape index (κ3) is 3.64. The van der Waals surface area contributed by atoms with E-state index in [9.17, 15) is 14.4 Å². The monoisotopic (exact) mass is 442 g/mol. The molecule has 2 aromatic carbocycles. The summed E-state index contributed by atoms with van der Waals surface area (Å²) in [4.78, 5) is 12.9. The number of nitriles is 1. The predicted molar refractivity (Wildman–Crippen MR) is 105 cm³/mol. The Morgan fingerprint density at radius 2 is 2.04 bits per heavy atom. The van der Waals surface area contributed by atoms with Gasteiger partial charge in [0, 0.05) is 5.56 Å². The summed E-state index contributed by atoms with van der Waals surface area (Å²) >= 11 is 3.15. The number of allylic oxidation sites excluding steroid dienone is 1. The van der Waals surface area contributed by atoms with Crippen LogP contribution in [-0.2, 0) is 14.3 Å². The topological polar surface area (TPSA) is 85.3 Å². The normalized spacial score (nSPS) is 16.4. The van der Waals surface area contributed by atoms with Crippen molar-refractivity contribution in [2.75, 3.05) is 6.61 Å². The van der Waals surface area contributed by atoms with Crippen LogP contribution in [0.2, 0.25) is 0 Å². The zero-order valence-electron chi connectivity index (χ0n) is 14.9. The molecule has 0 radical (unpaired) electrons. The van der Waals surface area contributed by atoms with E-state index in [-0.39, 0.29) is 33.9 Å². The third-order valence-corrected chi connectivity index (χ3v) is 4.84. The number of nitrogens with zero attached hydrogens (tertiary/aromatic N) is 1. The molecule has 0 spiro atoms.